The maximum absolute atomic E-state index is 12.0. The van der Waals surface area contributed by atoms with Crippen LogP contribution in [0.4, 0.5) is 9.59 Å². The van der Waals surface area contributed by atoms with Gasteiger partial charge in [0.25, 0.3) is 0 Å². The highest BCUT2D eigenvalue weighted by atomic mass is 32.2. The Bertz CT molecular complexity index is 409. The molecule has 7 nitrogen and oxygen atoms in total. The van der Waals surface area contributed by atoms with Crippen LogP contribution in [0.2, 0.25) is 0 Å². The van der Waals surface area contributed by atoms with E-state index in [-0.39, 0.29) is 23.8 Å². The monoisotopic (exact) mass is 349 g/mol. The summed E-state index contributed by atoms with van der Waals surface area (Å²) in [5.74, 6) is 0.111. The Morgan fingerprint density at radius 2 is 2.00 bits per heavy atom. The Morgan fingerprint density at radius 3 is 2.52 bits per heavy atom. The number of β-amino-alcohol motifs (C(OH)–C–C–N with tert-alkyl or cyclic N) is 1. The number of thioether (sulfide) groups is 1. The lowest BCUT2D eigenvalue weighted by molar-refractivity contribution is 0.00527. The van der Waals surface area contributed by atoms with E-state index in [0.29, 0.717) is 13.0 Å². The Morgan fingerprint density at radius 1 is 1.35 bits per heavy atom. The van der Waals surface area contributed by atoms with Gasteiger partial charge in [-0.3, -0.25) is 0 Å². The summed E-state index contributed by atoms with van der Waals surface area (Å²) in [4.78, 5) is 24.7. The second-order valence-corrected chi connectivity index (χ2v) is 7.84. The van der Waals surface area contributed by atoms with E-state index in [0.717, 1.165) is 0 Å². The largest absolute Gasteiger partial charge is 0.509 e. The summed E-state index contributed by atoms with van der Waals surface area (Å²) in [6.07, 6.45) is -1.45. The molecule has 0 aliphatic carbocycles. The number of amides is 1. The van der Waals surface area contributed by atoms with Crippen molar-refractivity contribution in [2.75, 3.05) is 19.0 Å². The number of hydrogen-bond acceptors (Lipinski definition) is 7. The number of aliphatic hydroxyl groups excluding tert-OH is 1. The molecule has 1 N–H and O–H groups in total. The van der Waals surface area contributed by atoms with E-state index in [1.54, 1.807) is 34.6 Å². The third kappa shape index (κ3) is 7.78. The quantitative estimate of drug-likeness (QED) is 0.617. The van der Waals surface area contributed by atoms with Gasteiger partial charge >= 0.3 is 12.2 Å². The first-order valence-corrected chi connectivity index (χ1v) is 8.74. The Kier molecular flexibility index (Phi) is 7.47. The zero-order valence-corrected chi connectivity index (χ0v) is 15.2. The predicted molar refractivity (Wildman–Crippen MR) is 87.4 cm³/mol. The van der Waals surface area contributed by atoms with Crippen LogP contribution in [0.1, 0.15) is 41.0 Å². The number of carbonyl (C=O) groups excluding carboxylic acids is 2. The van der Waals surface area contributed by atoms with E-state index in [4.69, 9.17) is 14.2 Å². The summed E-state index contributed by atoms with van der Waals surface area (Å²) < 4.78 is 15.1. The molecule has 1 fully saturated rings. The molecule has 0 aromatic rings. The molecule has 1 saturated heterocycles. The summed E-state index contributed by atoms with van der Waals surface area (Å²) in [5, 5.41) is 10.1. The fraction of sp³-hybridized carbons (Fsp3) is 0.867. The third-order valence-corrected chi connectivity index (χ3v) is 4.19. The van der Waals surface area contributed by atoms with Crippen LogP contribution in [0, 0.1) is 0 Å². The van der Waals surface area contributed by atoms with Gasteiger partial charge in [0.1, 0.15) is 11.5 Å². The van der Waals surface area contributed by atoms with Gasteiger partial charge in [0.05, 0.1) is 18.8 Å². The number of nitrogens with zero attached hydrogens (tertiary/aromatic N) is 1. The molecular formula is C15H27NO6S. The molecule has 0 spiro atoms. The number of likely N-dealkylation sites (tertiary alicyclic amines) is 1. The van der Waals surface area contributed by atoms with Crippen molar-refractivity contribution in [1.29, 1.82) is 0 Å². The maximum atomic E-state index is 12.0. The average molecular weight is 349 g/mol. The first-order chi connectivity index (χ1) is 10.6. The molecule has 0 saturated carbocycles. The van der Waals surface area contributed by atoms with Gasteiger partial charge in [0.2, 0.25) is 0 Å². The molecule has 0 radical (unpaired) electrons. The van der Waals surface area contributed by atoms with Crippen LogP contribution in [0.3, 0.4) is 0 Å². The fourth-order valence-corrected chi connectivity index (χ4v) is 2.91. The summed E-state index contributed by atoms with van der Waals surface area (Å²) in [6.45, 7) is 9.60. The molecule has 134 valence electrons. The Hall–Kier alpha value is -1.15. The first-order valence-electron chi connectivity index (χ1n) is 7.69. The van der Waals surface area contributed by atoms with Crippen molar-refractivity contribution < 1.29 is 28.9 Å². The number of ether oxygens (including phenoxy) is 3. The van der Waals surface area contributed by atoms with Crippen molar-refractivity contribution in [3.63, 3.8) is 0 Å². The normalized spacial score (nSPS) is 22.0. The van der Waals surface area contributed by atoms with Crippen LogP contribution in [0.15, 0.2) is 0 Å². The highest BCUT2D eigenvalue weighted by Gasteiger charge is 2.32. The average Bonchev–Trinajstić information content (AvgIpc) is 2.37. The van der Waals surface area contributed by atoms with Crippen molar-refractivity contribution in [3.05, 3.63) is 0 Å². The summed E-state index contributed by atoms with van der Waals surface area (Å²) in [5.41, 5.74) is -0.557. The predicted octanol–water partition coefficient (Wildman–Crippen LogP) is 2.61. The minimum absolute atomic E-state index is 0.0967. The molecule has 0 aromatic heterocycles. The van der Waals surface area contributed by atoms with E-state index in [1.807, 2.05) is 0 Å². The number of rotatable bonds is 4. The molecular weight excluding hydrogens is 322 g/mol. The molecule has 1 heterocycles. The molecule has 2 atom stereocenters. The molecule has 8 heteroatoms. The second kappa shape index (κ2) is 8.63. The lowest BCUT2D eigenvalue weighted by Crippen LogP contribution is -2.49. The van der Waals surface area contributed by atoms with Gasteiger partial charge in [-0.2, -0.15) is 0 Å². The SMILES string of the molecule is CC(C)OC(=O)OCSC1CCN(C(=O)OC(C)(C)C)CC1O. The lowest BCUT2D eigenvalue weighted by Gasteiger charge is -2.36. The zero-order valence-electron chi connectivity index (χ0n) is 14.4. The van der Waals surface area contributed by atoms with Gasteiger partial charge in [-0.25, -0.2) is 9.59 Å². The second-order valence-electron chi connectivity index (χ2n) is 6.67. The zero-order chi connectivity index (χ0) is 17.6. The van der Waals surface area contributed by atoms with Crippen molar-refractivity contribution in [1.82, 2.24) is 4.90 Å². The van der Waals surface area contributed by atoms with E-state index < -0.39 is 24.0 Å². The van der Waals surface area contributed by atoms with Crippen LogP contribution in [-0.4, -0.2) is 64.3 Å². The fourth-order valence-electron chi connectivity index (χ4n) is 1.99. The minimum Gasteiger partial charge on any atom is -0.444 e. The van der Waals surface area contributed by atoms with Gasteiger partial charge < -0.3 is 24.2 Å². The smallest absolute Gasteiger partial charge is 0.444 e. The van der Waals surface area contributed by atoms with Crippen LogP contribution in [0.25, 0.3) is 0 Å². The van der Waals surface area contributed by atoms with Crippen molar-refractivity contribution >= 4 is 24.0 Å². The minimum atomic E-state index is -0.715. The number of piperidine rings is 1. The number of aliphatic hydroxyl groups is 1. The van der Waals surface area contributed by atoms with Crippen molar-refractivity contribution in [3.8, 4) is 0 Å². The van der Waals surface area contributed by atoms with Gasteiger partial charge in [0.15, 0.2) is 0 Å². The van der Waals surface area contributed by atoms with E-state index in [2.05, 4.69) is 0 Å². The molecule has 1 rings (SSSR count). The molecule has 23 heavy (non-hydrogen) atoms. The summed E-state index contributed by atoms with van der Waals surface area (Å²) in [6, 6.07) is 0. The standard InChI is InChI=1S/C15H27NO6S/c1-10(2)21-14(19)20-9-23-12-6-7-16(8-11(12)17)13(18)22-15(3,4)5/h10-12,17H,6-9H2,1-5H3. The topological polar surface area (TPSA) is 85.3 Å². The molecule has 1 aliphatic heterocycles. The highest BCUT2D eigenvalue weighted by Crippen LogP contribution is 2.25. The number of hydrogen-bond donors (Lipinski definition) is 1. The number of carbonyl (C=O) groups is 2. The molecule has 2 unspecified atom stereocenters. The van der Waals surface area contributed by atoms with Crippen molar-refractivity contribution in [2.24, 2.45) is 0 Å². The summed E-state index contributed by atoms with van der Waals surface area (Å²) in [7, 11) is 0. The lowest BCUT2D eigenvalue weighted by atomic mass is 10.1. The summed E-state index contributed by atoms with van der Waals surface area (Å²) >= 11 is 1.34. The molecule has 1 aliphatic rings. The van der Waals surface area contributed by atoms with Gasteiger partial charge in [0, 0.05) is 11.8 Å². The van der Waals surface area contributed by atoms with E-state index >= 15 is 0 Å². The molecule has 0 bridgehead atoms. The van der Waals surface area contributed by atoms with Gasteiger partial charge in [-0.15, -0.1) is 11.8 Å². The third-order valence-electron chi connectivity index (χ3n) is 2.96. The van der Waals surface area contributed by atoms with Crippen LogP contribution in [0.5, 0.6) is 0 Å². The van der Waals surface area contributed by atoms with E-state index in [1.165, 1.54) is 16.7 Å². The van der Waals surface area contributed by atoms with Crippen LogP contribution >= 0.6 is 11.8 Å². The van der Waals surface area contributed by atoms with Crippen molar-refractivity contribution in [2.45, 2.75) is 64.1 Å². The maximum Gasteiger partial charge on any atom is 0.509 e. The molecule has 1 amide bonds. The van der Waals surface area contributed by atoms with Crippen LogP contribution in [-0.2, 0) is 14.2 Å². The Labute approximate surface area is 141 Å². The van der Waals surface area contributed by atoms with Gasteiger partial charge in [-0.1, -0.05) is 0 Å². The highest BCUT2D eigenvalue weighted by molar-refractivity contribution is 7.99. The first kappa shape index (κ1) is 19.9. The Balaban J connectivity index is 2.33. The van der Waals surface area contributed by atoms with Crippen LogP contribution < -0.4 is 0 Å². The van der Waals surface area contributed by atoms with Gasteiger partial charge in [-0.05, 0) is 41.0 Å². The van der Waals surface area contributed by atoms with E-state index in [9.17, 15) is 14.7 Å². The molecule has 0 aromatic carbocycles.